The summed E-state index contributed by atoms with van der Waals surface area (Å²) >= 11 is 7.98. The Kier molecular flexibility index (Phi) is 4.60. The molecule has 1 aromatic carbocycles. The SMILES string of the molecule is Cc1cnc(NS(=O)(=O)c2cc(-c3cc(F)ccc3F)c(Cl)s2)s1. The highest BCUT2D eigenvalue weighted by atomic mass is 35.5. The van der Waals surface area contributed by atoms with Crippen LogP contribution in [0.4, 0.5) is 13.9 Å². The molecule has 10 heteroatoms. The number of nitrogens with zero attached hydrogens (tertiary/aromatic N) is 1. The van der Waals surface area contributed by atoms with Crippen LogP contribution >= 0.6 is 34.3 Å². The topological polar surface area (TPSA) is 59.1 Å². The van der Waals surface area contributed by atoms with Crippen molar-refractivity contribution in [3.8, 4) is 11.1 Å². The van der Waals surface area contributed by atoms with Crippen molar-refractivity contribution in [1.82, 2.24) is 4.98 Å². The third-order valence-corrected chi connectivity index (χ3v) is 7.12. The van der Waals surface area contributed by atoms with Crippen molar-refractivity contribution < 1.29 is 17.2 Å². The molecule has 3 aromatic rings. The number of anilines is 1. The van der Waals surface area contributed by atoms with Gasteiger partial charge in [-0.1, -0.05) is 11.6 Å². The van der Waals surface area contributed by atoms with Crippen molar-refractivity contribution in [2.75, 3.05) is 4.72 Å². The molecule has 2 heterocycles. The summed E-state index contributed by atoms with van der Waals surface area (Å²) in [6, 6.07) is 4.12. The van der Waals surface area contributed by atoms with Crippen molar-refractivity contribution in [3.63, 3.8) is 0 Å². The maximum atomic E-state index is 13.9. The molecule has 2 aromatic heterocycles. The highest BCUT2D eigenvalue weighted by Gasteiger charge is 2.23. The molecule has 0 bridgehead atoms. The third-order valence-electron chi connectivity index (χ3n) is 2.99. The van der Waals surface area contributed by atoms with Crippen molar-refractivity contribution in [2.45, 2.75) is 11.1 Å². The van der Waals surface area contributed by atoms with Crippen molar-refractivity contribution in [1.29, 1.82) is 0 Å². The average Bonchev–Trinajstić information content (AvgIpc) is 3.07. The van der Waals surface area contributed by atoms with Gasteiger partial charge < -0.3 is 0 Å². The molecule has 24 heavy (non-hydrogen) atoms. The monoisotopic (exact) mass is 406 g/mol. The van der Waals surface area contributed by atoms with Gasteiger partial charge in [-0.2, -0.15) is 0 Å². The van der Waals surface area contributed by atoms with E-state index in [9.17, 15) is 17.2 Å². The molecule has 0 fully saturated rings. The second-order valence-electron chi connectivity index (χ2n) is 4.76. The molecule has 0 radical (unpaired) electrons. The van der Waals surface area contributed by atoms with E-state index in [1.165, 1.54) is 23.6 Å². The zero-order valence-corrected chi connectivity index (χ0v) is 15.2. The lowest BCUT2D eigenvalue weighted by atomic mass is 10.1. The largest absolute Gasteiger partial charge is 0.273 e. The van der Waals surface area contributed by atoms with Crippen LogP contribution in [0.25, 0.3) is 11.1 Å². The van der Waals surface area contributed by atoms with E-state index in [1.807, 2.05) is 0 Å². The van der Waals surface area contributed by atoms with Crippen molar-refractivity contribution in [3.05, 3.63) is 51.3 Å². The molecule has 0 saturated heterocycles. The van der Waals surface area contributed by atoms with Gasteiger partial charge >= 0.3 is 0 Å². The molecule has 0 unspecified atom stereocenters. The van der Waals surface area contributed by atoms with Crippen LogP contribution in [-0.2, 0) is 10.0 Å². The summed E-state index contributed by atoms with van der Waals surface area (Å²) in [5, 5.41) is 0.218. The van der Waals surface area contributed by atoms with E-state index in [0.717, 1.165) is 34.4 Å². The molecule has 0 aliphatic heterocycles. The Bertz CT molecular complexity index is 1010. The number of benzene rings is 1. The first-order chi connectivity index (χ1) is 11.3. The van der Waals surface area contributed by atoms with E-state index in [0.29, 0.717) is 0 Å². The van der Waals surface area contributed by atoms with Crippen molar-refractivity contribution >= 4 is 49.4 Å². The Labute approximate surface area is 149 Å². The normalized spacial score (nSPS) is 11.7. The van der Waals surface area contributed by atoms with Crippen LogP contribution in [0.3, 0.4) is 0 Å². The Morgan fingerprint density at radius 1 is 1.17 bits per heavy atom. The van der Waals surface area contributed by atoms with Gasteiger partial charge in [-0.25, -0.2) is 22.2 Å². The Hall–Kier alpha value is -1.55. The van der Waals surface area contributed by atoms with E-state index in [1.54, 1.807) is 6.92 Å². The number of sulfonamides is 1. The Morgan fingerprint density at radius 3 is 2.58 bits per heavy atom. The summed E-state index contributed by atoms with van der Waals surface area (Å²) in [7, 11) is -3.92. The average molecular weight is 407 g/mol. The fraction of sp³-hybridized carbons (Fsp3) is 0.0714. The molecule has 0 spiro atoms. The molecular weight excluding hydrogens is 398 g/mol. The van der Waals surface area contributed by atoms with Crippen LogP contribution in [-0.4, -0.2) is 13.4 Å². The van der Waals surface area contributed by atoms with E-state index >= 15 is 0 Å². The lowest BCUT2D eigenvalue weighted by molar-refractivity contribution is 0.602. The Morgan fingerprint density at radius 2 is 1.92 bits per heavy atom. The van der Waals surface area contributed by atoms with Gasteiger partial charge in [0.15, 0.2) is 5.13 Å². The minimum absolute atomic E-state index is 0.0511. The third kappa shape index (κ3) is 3.44. The minimum atomic E-state index is -3.92. The number of thiazole rings is 1. The highest BCUT2D eigenvalue weighted by molar-refractivity contribution is 7.95. The molecular formula is C14H9ClF2N2O2S3. The summed E-state index contributed by atoms with van der Waals surface area (Å²) in [6.07, 6.45) is 1.54. The smallest absolute Gasteiger partial charge is 0.254 e. The van der Waals surface area contributed by atoms with E-state index in [4.69, 9.17) is 11.6 Å². The number of aromatic nitrogens is 1. The predicted molar refractivity (Wildman–Crippen MR) is 92.3 cm³/mol. The number of rotatable bonds is 4. The van der Waals surface area contributed by atoms with E-state index in [-0.39, 0.29) is 24.8 Å². The maximum Gasteiger partial charge on any atom is 0.273 e. The number of aryl methyl sites for hydroxylation is 1. The number of thiophene rings is 1. The van der Waals surface area contributed by atoms with Gasteiger partial charge in [-0.3, -0.25) is 4.72 Å². The van der Waals surface area contributed by atoms with Gasteiger partial charge in [0.2, 0.25) is 0 Å². The number of hydrogen-bond acceptors (Lipinski definition) is 5. The summed E-state index contributed by atoms with van der Waals surface area (Å²) < 4.78 is 54.3. The maximum absolute atomic E-state index is 13.9. The first-order valence-electron chi connectivity index (χ1n) is 6.46. The fourth-order valence-corrected chi connectivity index (χ4v) is 5.59. The standard InChI is InChI=1S/C14H9ClF2N2O2S3/c1-7-6-18-14(22-7)19-24(20,21)12-5-10(13(15)23-12)9-4-8(16)2-3-11(9)17/h2-6H,1H3,(H,18,19). The second kappa shape index (κ2) is 6.40. The molecule has 0 saturated carbocycles. The van der Waals surface area contributed by atoms with Gasteiger partial charge in [0.1, 0.15) is 20.2 Å². The van der Waals surface area contributed by atoms with Crippen LogP contribution in [0.2, 0.25) is 4.34 Å². The van der Waals surface area contributed by atoms with Crippen molar-refractivity contribution in [2.24, 2.45) is 0 Å². The number of halogens is 3. The summed E-state index contributed by atoms with van der Waals surface area (Å²) in [4.78, 5) is 4.78. The second-order valence-corrected chi connectivity index (χ2v) is 9.56. The minimum Gasteiger partial charge on any atom is -0.254 e. The highest BCUT2D eigenvalue weighted by Crippen LogP contribution is 2.39. The van der Waals surface area contributed by atoms with E-state index < -0.39 is 21.7 Å². The summed E-state index contributed by atoms with van der Waals surface area (Å²) in [5.41, 5.74) is 0.0251. The fourth-order valence-electron chi connectivity index (χ4n) is 1.93. The number of nitrogens with one attached hydrogen (secondary N) is 1. The lowest BCUT2D eigenvalue weighted by Crippen LogP contribution is -2.11. The van der Waals surface area contributed by atoms with Crippen LogP contribution in [0.1, 0.15) is 4.88 Å². The first-order valence-corrected chi connectivity index (χ1v) is 9.96. The molecule has 0 atom stereocenters. The van der Waals surface area contributed by atoms with Crippen LogP contribution in [0.5, 0.6) is 0 Å². The summed E-state index contributed by atoms with van der Waals surface area (Å²) in [6.45, 7) is 1.79. The van der Waals surface area contributed by atoms with Crippen LogP contribution < -0.4 is 4.72 Å². The van der Waals surface area contributed by atoms with Crippen LogP contribution in [0, 0.1) is 18.6 Å². The molecule has 1 N–H and O–H groups in total. The lowest BCUT2D eigenvalue weighted by Gasteiger charge is -2.02. The number of hydrogen-bond donors (Lipinski definition) is 1. The van der Waals surface area contributed by atoms with Gasteiger partial charge in [0.05, 0.1) is 0 Å². The molecule has 0 aliphatic rings. The molecule has 0 amide bonds. The van der Waals surface area contributed by atoms with Gasteiger partial charge in [0.25, 0.3) is 10.0 Å². The van der Waals surface area contributed by atoms with Crippen LogP contribution in [0.15, 0.2) is 34.7 Å². The first kappa shape index (κ1) is 17.3. The molecule has 0 aliphatic carbocycles. The van der Waals surface area contributed by atoms with Gasteiger partial charge in [-0.05, 0) is 31.2 Å². The summed E-state index contributed by atoms with van der Waals surface area (Å²) in [5.74, 6) is -1.34. The predicted octanol–water partition coefficient (Wildman–Crippen LogP) is 4.91. The molecule has 126 valence electrons. The van der Waals surface area contributed by atoms with Gasteiger partial charge in [-0.15, -0.1) is 22.7 Å². The molecule has 3 rings (SSSR count). The Balaban J connectivity index is 2.00. The van der Waals surface area contributed by atoms with E-state index in [2.05, 4.69) is 9.71 Å². The molecule has 4 nitrogen and oxygen atoms in total. The zero-order chi connectivity index (χ0) is 17.5. The zero-order valence-electron chi connectivity index (χ0n) is 12.0. The van der Waals surface area contributed by atoms with Gasteiger partial charge in [0, 0.05) is 22.2 Å². The quantitative estimate of drug-likeness (QED) is 0.669.